The van der Waals surface area contributed by atoms with Gasteiger partial charge in [-0.25, -0.2) is 8.78 Å². The van der Waals surface area contributed by atoms with Crippen molar-refractivity contribution in [3.05, 3.63) is 35.4 Å². The monoisotopic (exact) mass is 261 g/mol. The summed E-state index contributed by atoms with van der Waals surface area (Å²) in [6.45, 7) is 2.22. The van der Waals surface area contributed by atoms with Crippen LogP contribution in [0.3, 0.4) is 0 Å². The minimum Gasteiger partial charge on any atom is -0.350 e. The van der Waals surface area contributed by atoms with Gasteiger partial charge in [0.05, 0.1) is 10.9 Å². The second-order valence-corrected chi connectivity index (χ2v) is 4.34. The summed E-state index contributed by atoms with van der Waals surface area (Å²) < 4.78 is 26.1. The van der Waals surface area contributed by atoms with Gasteiger partial charge >= 0.3 is 0 Å². The molecule has 2 nitrogen and oxygen atoms in total. The van der Waals surface area contributed by atoms with E-state index in [2.05, 4.69) is 5.32 Å². The maximum Gasteiger partial charge on any atom is 0.254 e. The van der Waals surface area contributed by atoms with E-state index in [1.165, 1.54) is 0 Å². The Morgan fingerprint density at radius 3 is 2.82 bits per heavy atom. The van der Waals surface area contributed by atoms with Gasteiger partial charge in [-0.15, -0.1) is 11.6 Å². The minimum absolute atomic E-state index is 0.194. The van der Waals surface area contributed by atoms with Crippen molar-refractivity contribution in [3.8, 4) is 0 Å². The average Bonchev–Trinajstić information content (AvgIpc) is 2.29. The highest BCUT2D eigenvalue weighted by Gasteiger charge is 2.13. The van der Waals surface area contributed by atoms with Crippen LogP contribution >= 0.6 is 11.6 Å². The van der Waals surface area contributed by atoms with Crippen LogP contribution in [0.15, 0.2) is 18.2 Å². The van der Waals surface area contributed by atoms with Crippen molar-refractivity contribution in [2.75, 3.05) is 6.54 Å². The molecule has 0 aliphatic rings. The van der Waals surface area contributed by atoms with Crippen LogP contribution in [-0.4, -0.2) is 17.8 Å². The van der Waals surface area contributed by atoms with Gasteiger partial charge in [0, 0.05) is 6.54 Å². The summed E-state index contributed by atoms with van der Waals surface area (Å²) in [4.78, 5) is 11.6. The van der Waals surface area contributed by atoms with Crippen molar-refractivity contribution in [2.24, 2.45) is 0 Å². The molecule has 1 aromatic carbocycles. The normalized spacial score (nSPS) is 12.2. The molecule has 0 fully saturated rings. The number of carbonyl (C=O) groups excluding carboxylic acids is 1. The molecule has 17 heavy (non-hydrogen) atoms. The Morgan fingerprint density at radius 2 is 2.18 bits per heavy atom. The average molecular weight is 262 g/mol. The van der Waals surface area contributed by atoms with Crippen LogP contribution in [0.1, 0.15) is 30.1 Å². The highest BCUT2D eigenvalue weighted by atomic mass is 35.5. The van der Waals surface area contributed by atoms with Crippen molar-refractivity contribution in [3.63, 3.8) is 0 Å². The summed E-state index contributed by atoms with van der Waals surface area (Å²) >= 11 is 5.90. The molecule has 0 spiro atoms. The van der Waals surface area contributed by atoms with E-state index in [1.807, 2.05) is 6.92 Å². The summed E-state index contributed by atoms with van der Waals surface area (Å²) in [5, 5.41) is 2.28. The van der Waals surface area contributed by atoms with Crippen LogP contribution in [0.5, 0.6) is 0 Å². The Hall–Kier alpha value is -1.16. The van der Waals surface area contributed by atoms with Crippen LogP contribution in [0.4, 0.5) is 8.78 Å². The summed E-state index contributed by atoms with van der Waals surface area (Å²) in [6, 6.07) is 2.76. The molecule has 0 aliphatic carbocycles. The lowest BCUT2D eigenvalue weighted by molar-refractivity contribution is 0.0948. The van der Waals surface area contributed by atoms with E-state index in [9.17, 15) is 13.6 Å². The van der Waals surface area contributed by atoms with Gasteiger partial charge in [-0.05, 0) is 24.6 Å². The molecule has 0 heterocycles. The number of halogens is 3. The van der Waals surface area contributed by atoms with E-state index in [0.29, 0.717) is 0 Å². The third-order valence-corrected chi connectivity index (χ3v) is 2.63. The molecule has 1 amide bonds. The molecular formula is C12H14ClF2NO. The maximum atomic E-state index is 13.2. The lowest BCUT2D eigenvalue weighted by Crippen LogP contribution is -2.30. The Balaban J connectivity index is 2.61. The van der Waals surface area contributed by atoms with E-state index in [1.54, 1.807) is 0 Å². The topological polar surface area (TPSA) is 29.1 Å². The molecule has 1 atom stereocenters. The van der Waals surface area contributed by atoms with Gasteiger partial charge in [-0.1, -0.05) is 13.3 Å². The first-order valence-electron chi connectivity index (χ1n) is 5.42. The van der Waals surface area contributed by atoms with Crippen LogP contribution in [0.25, 0.3) is 0 Å². The Morgan fingerprint density at radius 1 is 1.47 bits per heavy atom. The first-order valence-corrected chi connectivity index (χ1v) is 5.85. The number of carbonyl (C=O) groups is 1. The van der Waals surface area contributed by atoms with Gasteiger partial charge in [-0.3, -0.25) is 4.79 Å². The fraction of sp³-hybridized carbons (Fsp3) is 0.417. The maximum absolute atomic E-state index is 13.2. The number of nitrogens with one attached hydrogen (secondary N) is 1. The molecule has 1 aromatic rings. The number of rotatable bonds is 5. The second kappa shape index (κ2) is 6.55. The fourth-order valence-electron chi connectivity index (χ4n) is 1.39. The summed E-state index contributed by atoms with van der Waals surface area (Å²) in [5.74, 6) is -2.04. The zero-order chi connectivity index (χ0) is 12.8. The molecule has 94 valence electrons. The van der Waals surface area contributed by atoms with Crippen LogP contribution in [0, 0.1) is 11.6 Å². The van der Waals surface area contributed by atoms with Crippen molar-refractivity contribution < 1.29 is 13.6 Å². The van der Waals surface area contributed by atoms with Crippen molar-refractivity contribution in [2.45, 2.75) is 25.1 Å². The number of hydrogen-bond acceptors (Lipinski definition) is 1. The molecular weight excluding hydrogens is 248 g/mol. The largest absolute Gasteiger partial charge is 0.350 e. The molecule has 0 bridgehead atoms. The van der Waals surface area contributed by atoms with Gasteiger partial charge < -0.3 is 5.32 Å². The third-order valence-electron chi connectivity index (χ3n) is 2.26. The van der Waals surface area contributed by atoms with Gasteiger partial charge in [0.25, 0.3) is 5.91 Å². The number of alkyl halides is 1. The second-order valence-electron chi connectivity index (χ2n) is 3.72. The molecule has 1 N–H and O–H groups in total. The molecule has 0 saturated heterocycles. The molecule has 0 saturated carbocycles. The van der Waals surface area contributed by atoms with E-state index in [4.69, 9.17) is 11.6 Å². The van der Waals surface area contributed by atoms with Gasteiger partial charge in [0.1, 0.15) is 11.6 Å². The molecule has 1 rings (SSSR count). The Kier molecular flexibility index (Phi) is 5.35. The van der Waals surface area contributed by atoms with Crippen molar-refractivity contribution >= 4 is 17.5 Å². The smallest absolute Gasteiger partial charge is 0.254 e. The van der Waals surface area contributed by atoms with Gasteiger partial charge in [0.2, 0.25) is 0 Å². The van der Waals surface area contributed by atoms with Crippen molar-refractivity contribution in [1.82, 2.24) is 5.32 Å². The lowest BCUT2D eigenvalue weighted by atomic mass is 10.2. The molecule has 5 heteroatoms. The first-order chi connectivity index (χ1) is 8.04. The van der Waals surface area contributed by atoms with Gasteiger partial charge in [0.15, 0.2) is 0 Å². The lowest BCUT2D eigenvalue weighted by Gasteiger charge is -2.10. The van der Waals surface area contributed by atoms with Crippen LogP contribution < -0.4 is 5.32 Å². The standard InChI is InChI=1S/C12H14ClF2NO/c1-2-3-8(13)7-16-12(17)10-6-9(14)4-5-11(10)15/h4-6,8H,2-3,7H2,1H3,(H,16,17). The Labute approximate surface area is 104 Å². The fourth-order valence-corrected chi connectivity index (χ4v) is 1.68. The minimum atomic E-state index is -0.745. The van der Waals surface area contributed by atoms with E-state index in [0.717, 1.165) is 31.0 Å². The number of hydrogen-bond donors (Lipinski definition) is 1. The van der Waals surface area contributed by atoms with E-state index < -0.39 is 17.5 Å². The van der Waals surface area contributed by atoms with Crippen LogP contribution in [0.2, 0.25) is 0 Å². The highest BCUT2D eigenvalue weighted by Crippen LogP contribution is 2.10. The molecule has 0 aliphatic heterocycles. The first kappa shape index (κ1) is 13.9. The summed E-state index contributed by atoms with van der Waals surface area (Å²) in [7, 11) is 0. The SMILES string of the molecule is CCCC(Cl)CNC(=O)c1cc(F)ccc1F. The highest BCUT2D eigenvalue weighted by molar-refractivity contribution is 6.20. The van der Waals surface area contributed by atoms with Crippen LogP contribution in [-0.2, 0) is 0 Å². The zero-order valence-electron chi connectivity index (χ0n) is 9.47. The number of benzene rings is 1. The van der Waals surface area contributed by atoms with Gasteiger partial charge in [-0.2, -0.15) is 0 Å². The molecule has 0 aromatic heterocycles. The Bertz CT molecular complexity index is 398. The third kappa shape index (κ3) is 4.30. The predicted octanol–water partition coefficient (Wildman–Crippen LogP) is 3.10. The summed E-state index contributed by atoms with van der Waals surface area (Å²) in [5.41, 5.74) is -0.301. The zero-order valence-corrected chi connectivity index (χ0v) is 10.2. The molecule has 0 radical (unpaired) electrons. The predicted molar refractivity (Wildman–Crippen MR) is 63.2 cm³/mol. The summed E-state index contributed by atoms with van der Waals surface area (Å²) in [6.07, 6.45) is 1.66. The quantitative estimate of drug-likeness (QED) is 0.811. The number of amides is 1. The van der Waals surface area contributed by atoms with E-state index in [-0.39, 0.29) is 17.5 Å². The van der Waals surface area contributed by atoms with E-state index >= 15 is 0 Å². The van der Waals surface area contributed by atoms with Crippen molar-refractivity contribution in [1.29, 1.82) is 0 Å². The molecule has 1 unspecified atom stereocenters.